The first-order valence-electron chi connectivity index (χ1n) is 28.6. The first-order valence-corrected chi connectivity index (χ1v) is 28.6. The van der Waals surface area contributed by atoms with E-state index in [1.807, 2.05) is 6.08 Å². The van der Waals surface area contributed by atoms with E-state index in [1.165, 1.54) is 186 Å². The van der Waals surface area contributed by atoms with Gasteiger partial charge in [-0.3, -0.25) is 14.4 Å². The number of carbonyl (C=O) groups is 3. The predicted molar refractivity (Wildman–Crippen MR) is 284 cm³/mol. The number of hydrogen-bond acceptors (Lipinski definition) is 6. The highest BCUT2D eigenvalue weighted by Crippen LogP contribution is 2.17. The van der Waals surface area contributed by atoms with Gasteiger partial charge in [-0.2, -0.15) is 0 Å². The molecule has 0 spiro atoms. The lowest BCUT2D eigenvalue weighted by Crippen LogP contribution is -2.30. The van der Waals surface area contributed by atoms with Gasteiger partial charge in [-0.1, -0.05) is 281 Å². The molecular weight excluding hydrogens is 817 g/mol. The lowest BCUT2D eigenvalue weighted by atomic mass is 10.0. The summed E-state index contributed by atoms with van der Waals surface area (Å²) in [5.74, 6) is -0.959. The largest absolute Gasteiger partial charge is 0.462 e. The van der Waals surface area contributed by atoms with Crippen molar-refractivity contribution in [3.8, 4) is 0 Å². The molecule has 6 nitrogen and oxygen atoms in total. The van der Waals surface area contributed by atoms with Crippen molar-refractivity contribution in [2.24, 2.45) is 0 Å². The number of allylic oxidation sites excluding steroid dienone is 8. The van der Waals surface area contributed by atoms with E-state index in [0.29, 0.717) is 19.3 Å². The van der Waals surface area contributed by atoms with Crippen molar-refractivity contribution >= 4 is 17.9 Å². The van der Waals surface area contributed by atoms with Crippen LogP contribution in [0.5, 0.6) is 0 Å². The molecule has 0 aliphatic rings. The van der Waals surface area contributed by atoms with Crippen LogP contribution in [-0.2, 0) is 28.6 Å². The Bertz CT molecular complexity index is 1150. The minimum absolute atomic E-state index is 0.0905. The van der Waals surface area contributed by atoms with Crippen LogP contribution in [0, 0.1) is 0 Å². The second-order valence-corrected chi connectivity index (χ2v) is 19.2. The summed E-state index contributed by atoms with van der Waals surface area (Å²) in [4.78, 5) is 38.1. The van der Waals surface area contributed by atoms with Crippen LogP contribution < -0.4 is 0 Å². The molecule has 0 N–H and O–H groups in total. The zero-order valence-electron chi connectivity index (χ0n) is 44.0. The lowest BCUT2D eigenvalue weighted by Gasteiger charge is -2.18. The molecule has 0 rings (SSSR count). The maximum absolute atomic E-state index is 12.8. The smallest absolute Gasteiger partial charge is 0.306 e. The van der Waals surface area contributed by atoms with Gasteiger partial charge in [0.2, 0.25) is 0 Å². The summed E-state index contributed by atoms with van der Waals surface area (Å²) in [5, 5.41) is 0. The van der Waals surface area contributed by atoms with E-state index in [2.05, 4.69) is 63.3 Å². The molecule has 0 saturated heterocycles. The van der Waals surface area contributed by atoms with Crippen LogP contribution in [0.25, 0.3) is 0 Å². The van der Waals surface area contributed by atoms with Gasteiger partial charge in [0, 0.05) is 19.3 Å². The molecule has 0 aromatic heterocycles. The molecule has 66 heavy (non-hydrogen) atoms. The molecule has 0 fully saturated rings. The standard InChI is InChI=1S/C60H108O6/c1-4-7-10-13-16-19-22-25-27-28-29-30-31-33-35-38-41-44-47-50-53-59(62)65-56-57(55-64-58(61)52-49-46-43-40-37-34-24-21-18-15-12-9-6-3)66-60(63)54-51-48-45-42-39-36-32-26-23-20-17-14-11-8-5-2/h9,12,18,21,34,37,43,46,57H,4-8,10-11,13-17,19-20,22-33,35-36,38-42,44-45,47-56H2,1-3H3/b12-9-,21-18-,37-34-,46-43-. The third-order valence-corrected chi connectivity index (χ3v) is 12.6. The third kappa shape index (κ3) is 52.3. The topological polar surface area (TPSA) is 78.9 Å². The van der Waals surface area contributed by atoms with Gasteiger partial charge in [-0.15, -0.1) is 0 Å². The number of hydrogen-bond donors (Lipinski definition) is 0. The van der Waals surface area contributed by atoms with Gasteiger partial charge in [0.1, 0.15) is 13.2 Å². The van der Waals surface area contributed by atoms with Crippen LogP contribution in [-0.4, -0.2) is 37.2 Å². The number of rotatable bonds is 52. The number of esters is 3. The summed E-state index contributed by atoms with van der Waals surface area (Å²) < 4.78 is 16.8. The number of ether oxygens (including phenoxy) is 3. The zero-order valence-corrected chi connectivity index (χ0v) is 44.0. The van der Waals surface area contributed by atoms with Crippen LogP contribution in [0.15, 0.2) is 48.6 Å². The second-order valence-electron chi connectivity index (χ2n) is 19.2. The van der Waals surface area contributed by atoms with E-state index in [-0.39, 0.29) is 37.5 Å². The van der Waals surface area contributed by atoms with E-state index < -0.39 is 6.10 Å². The Kier molecular flexibility index (Phi) is 52.8. The average Bonchev–Trinajstić information content (AvgIpc) is 3.31. The van der Waals surface area contributed by atoms with Crippen LogP contribution in [0.4, 0.5) is 0 Å². The first kappa shape index (κ1) is 63.4. The Hall–Kier alpha value is -2.63. The molecule has 0 saturated carbocycles. The fourth-order valence-corrected chi connectivity index (χ4v) is 8.34. The molecule has 0 amide bonds. The molecule has 0 radical (unpaired) electrons. The highest BCUT2D eigenvalue weighted by molar-refractivity contribution is 5.71. The van der Waals surface area contributed by atoms with Gasteiger partial charge in [0.05, 0.1) is 0 Å². The Morgan fingerprint density at radius 2 is 0.591 bits per heavy atom. The van der Waals surface area contributed by atoms with E-state index in [1.54, 1.807) is 0 Å². The summed E-state index contributed by atoms with van der Waals surface area (Å²) in [6.07, 6.45) is 66.9. The van der Waals surface area contributed by atoms with Crippen molar-refractivity contribution in [2.75, 3.05) is 13.2 Å². The monoisotopic (exact) mass is 925 g/mol. The Balaban J connectivity index is 4.34. The van der Waals surface area contributed by atoms with Crippen molar-refractivity contribution in [3.05, 3.63) is 48.6 Å². The highest BCUT2D eigenvalue weighted by Gasteiger charge is 2.19. The molecule has 384 valence electrons. The van der Waals surface area contributed by atoms with E-state index >= 15 is 0 Å². The van der Waals surface area contributed by atoms with Crippen molar-refractivity contribution in [2.45, 2.75) is 303 Å². The van der Waals surface area contributed by atoms with Crippen LogP contribution >= 0.6 is 0 Å². The van der Waals surface area contributed by atoms with Crippen LogP contribution in [0.1, 0.15) is 297 Å². The summed E-state index contributed by atoms with van der Waals surface area (Å²) in [6, 6.07) is 0. The fourth-order valence-electron chi connectivity index (χ4n) is 8.34. The third-order valence-electron chi connectivity index (χ3n) is 12.6. The number of carbonyl (C=O) groups excluding carboxylic acids is 3. The van der Waals surface area contributed by atoms with Gasteiger partial charge in [-0.05, 0) is 44.9 Å². The number of unbranched alkanes of at least 4 members (excludes halogenated alkanes) is 33. The van der Waals surface area contributed by atoms with Crippen molar-refractivity contribution in [1.29, 1.82) is 0 Å². The summed E-state index contributed by atoms with van der Waals surface area (Å²) in [5.41, 5.74) is 0. The summed E-state index contributed by atoms with van der Waals surface area (Å²) in [6.45, 7) is 6.50. The molecule has 1 unspecified atom stereocenters. The molecule has 1 atom stereocenters. The molecule has 0 bridgehead atoms. The summed E-state index contributed by atoms with van der Waals surface area (Å²) in [7, 11) is 0. The van der Waals surface area contributed by atoms with E-state index in [9.17, 15) is 14.4 Å². The van der Waals surface area contributed by atoms with Crippen molar-refractivity contribution < 1.29 is 28.6 Å². The molecular formula is C60H108O6. The zero-order chi connectivity index (χ0) is 47.9. The van der Waals surface area contributed by atoms with Crippen molar-refractivity contribution in [3.63, 3.8) is 0 Å². The van der Waals surface area contributed by atoms with Gasteiger partial charge < -0.3 is 14.2 Å². The molecule has 0 aliphatic carbocycles. The maximum atomic E-state index is 12.8. The summed E-state index contributed by atoms with van der Waals surface area (Å²) >= 11 is 0. The van der Waals surface area contributed by atoms with E-state index in [0.717, 1.165) is 64.2 Å². The Labute approximate surface area is 409 Å². The van der Waals surface area contributed by atoms with Crippen molar-refractivity contribution in [1.82, 2.24) is 0 Å². The van der Waals surface area contributed by atoms with Gasteiger partial charge in [0.15, 0.2) is 6.10 Å². The van der Waals surface area contributed by atoms with Gasteiger partial charge in [-0.25, -0.2) is 0 Å². The second kappa shape index (κ2) is 55.0. The van der Waals surface area contributed by atoms with Gasteiger partial charge >= 0.3 is 17.9 Å². The molecule has 0 heterocycles. The maximum Gasteiger partial charge on any atom is 0.306 e. The van der Waals surface area contributed by atoms with Crippen LogP contribution in [0.2, 0.25) is 0 Å². The van der Waals surface area contributed by atoms with Crippen LogP contribution in [0.3, 0.4) is 0 Å². The average molecular weight is 926 g/mol. The van der Waals surface area contributed by atoms with E-state index in [4.69, 9.17) is 14.2 Å². The fraction of sp³-hybridized carbons (Fsp3) is 0.817. The Morgan fingerprint density at radius 3 is 0.924 bits per heavy atom. The predicted octanol–water partition coefficient (Wildman–Crippen LogP) is 19.0. The molecule has 0 aliphatic heterocycles. The Morgan fingerprint density at radius 1 is 0.318 bits per heavy atom. The SMILES string of the molecule is CC/C=C\C/C=C\C/C=C\C/C=C\CCC(=O)OCC(COC(=O)CCCCCCCCCCCCCCCCCCCCCC)OC(=O)CCCCCCCCCCCCCCCCC. The molecule has 0 aromatic rings. The minimum Gasteiger partial charge on any atom is -0.462 e. The normalized spacial score (nSPS) is 12.3. The first-order chi connectivity index (χ1) is 32.5. The molecule has 0 aromatic carbocycles. The van der Waals surface area contributed by atoms with Gasteiger partial charge in [0.25, 0.3) is 0 Å². The molecule has 6 heteroatoms. The lowest BCUT2D eigenvalue weighted by molar-refractivity contribution is -0.166. The minimum atomic E-state index is -0.797. The highest BCUT2D eigenvalue weighted by atomic mass is 16.6. The quantitative estimate of drug-likeness (QED) is 0.0262.